The highest BCUT2D eigenvalue weighted by molar-refractivity contribution is 5.72. The van der Waals surface area contributed by atoms with Gasteiger partial charge in [0.25, 0.3) is 5.09 Å². The second-order valence-electron chi connectivity index (χ2n) is 9.80. The summed E-state index contributed by atoms with van der Waals surface area (Å²) in [5.74, 6) is 0.603. The molecule has 4 rings (SSSR count). The second kappa shape index (κ2) is 8.52. The topological polar surface area (TPSA) is 148 Å². The fraction of sp³-hybridized carbons (Fsp3) is 0.583. The van der Waals surface area contributed by atoms with Gasteiger partial charge in [0.1, 0.15) is 6.10 Å². The van der Waals surface area contributed by atoms with E-state index in [1.54, 1.807) is 0 Å². The van der Waals surface area contributed by atoms with E-state index in [1.807, 2.05) is 6.92 Å². The maximum absolute atomic E-state index is 11.9. The lowest BCUT2D eigenvalue weighted by molar-refractivity contribution is -0.771. The molecule has 1 aromatic rings. The van der Waals surface area contributed by atoms with Gasteiger partial charge in [-0.25, -0.2) is 0 Å². The summed E-state index contributed by atoms with van der Waals surface area (Å²) in [4.78, 5) is 51.3. The van der Waals surface area contributed by atoms with Crippen molar-refractivity contribution in [1.82, 2.24) is 0 Å². The average molecular weight is 486 g/mol. The van der Waals surface area contributed by atoms with Crippen LogP contribution in [0.1, 0.15) is 63.5 Å². The molecule has 0 heterocycles. The first-order valence-electron chi connectivity index (χ1n) is 11.4. The Hall–Kier alpha value is -3.68. The van der Waals surface area contributed by atoms with Crippen LogP contribution < -0.4 is 4.74 Å². The monoisotopic (exact) mass is 486 g/mol. The quantitative estimate of drug-likeness (QED) is 0.200. The number of esters is 2. The van der Waals surface area contributed by atoms with Crippen molar-refractivity contribution in [1.29, 1.82) is 0 Å². The number of carbonyl (C=O) groups is 2. The molecule has 11 nitrogen and oxygen atoms in total. The molecule has 0 saturated heterocycles. The molecule has 0 N–H and O–H groups in total. The molecule has 3 aliphatic rings. The van der Waals surface area contributed by atoms with E-state index in [4.69, 9.17) is 20.7 Å². The Morgan fingerprint density at radius 2 is 1.89 bits per heavy atom. The van der Waals surface area contributed by atoms with E-state index >= 15 is 0 Å². The fourth-order valence-corrected chi connectivity index (χ4v) is 6.90. The number of hydrogen-bond donors (Lipinski definition) is 0. The van der Waals surface area contributed by atoms with Gasteiger partial charge in [-0.3, -0.25) is 19.7 Å². The van der Waals surface area contributed by atoms with Crippen molar-refractivity contribution in [2.75, 3.05) is 0 Å². The summed E-state index contributed by atoms with van der Waals surface area (Å²) in [6.45, 7) is 4.33. The van der Waals surface area contributed by atoms with Gasteiger partial charge in [-0.2, -0.15) is 0 Å². The smallest absolute Gasteiger partial charge is 0.311 e. The minimum absolute atomic E-state index is 0.0464. The largest absolute Gasteiger partial charge is 0.445 e. The van der Waals surface area contributed by atoms with Crippen LogP contribution in [0.3, 0.4) is 0 Å². The maximum Gasteiger partial charge on any atom is 0.311 e. The Balaban J connectivity index is 1.84. The Morgan fingerprint density at radius 1 is 1.17 bits per heavy atom. The first kappa shape index (κ1) is 24.4. The number of ether oxygens (including phenoxy) is 2. The van der Waals surface area contributed by atoms with Gasteiger partial charge in [0.05, 0.1) is 4.92 Å². The third-order valence-corrected chi connectivity index (χ3v) is 8.10. The number of hydrogen-bond acceptors (Lipinski definition) is 9. The van der Waals surface area contributed by atoms with E-state index in [0.29, 0.717) is 31.2 Å². The molecule has 0 spiro atoms. The molecule has 0 unspecified atom stereocenters. The van der Waals surface area contributed by atoms with Crippen molar-refractivity contribution in [2.24, 2.45) is 17.3 Å². The number of fused-ring (bicyclic) bond motifs is 5. The number of carbonyl (C=O) groups excluding carboxylic acids is 2. The van der Waals surface area contributed by atoms with Gasteiger partial charge in [0, 0.05) is 31.2 Å². The lowest BCUT2D eigenvalue weighted by Crippen LogP contribution is -2.56. The summed E-state index contributed by atoms with van der Waals surface area (Å²) >= 11 is 0. The lowest BCUT2D eigenvalue weighted by Gasteiger charge is -2.54. The van der Waals surface area contributed by atoms with E-state index in [1.165, 1.54) is 19.1 Å². The summed E-state index contributed by atoms with van der Waals surface area (Å²) < 4.78 is 10.8. The third-order valence-electron chi connectivity index (χ3n) is 8.10. The third kappa shape index (κ3) is 3.87. The van der Waals surface area contributed by atoms with Crippen LogP contribution in [0.5, 0.6) is 5.75 Å². The van der Waals surface area contributed by atoms with Crippen LogP contribution in [-0.2, 0) is 25.6 Å². The molecule has 3 aliphatic carbocycles. The van der Waals surface area contributed by atoms with Crippen molar-refractivity contribution < 1.29 is 33.9 Å². The molecule has 0 radical (unpaired) electrons. The van der Waals surface area contributed by atoms with Crippen LogP contribution in [0.2, 0.25) is 0 Å². The summed E-state index contributed by atoms with van der Waals surface area (Å²) in [7, 11) is 0. The predicted molar refractivity (Wildman–Crippen MR) is 120 cm³/mol. The predicted octanol–water partition coefficient (Wildman–Crippen LogP) is 3.50. The van der Waals surface area contributed by atoms with Gasteiger partial charge >= 0.3 is 17.6 Å². The first-order valence-corrected chi connectivity index (χ1v) is 11.4. The molecule has 0 aromatic heterocycles. The molecule has 35 heavy (non-hydrogen) atoms. The Morgan fingerprint density at radius 3 is 2.46 bits per heavy atom. The molecule has 6 atom stereocenters. The van der Waals surface area contributed by atoms with Crippen molar-refractivity contribution in [2.45, 2.75) is 70.5 Å². The molecule has 11 heteroatoms. The summed E-state index contributed by atoms with van der Waals surface area (Å²) in [5, 5.41) is 22.4. The molecule has 0 aliphatic heterocycles. The Bertz CT molecular complexity index is 1160. The summed E-state index contributed by atoms with van der Waals surface area (Å²) in [6.07, 6.45) is 7.26. The van der Waals surface area contributed by atoms with Crippen LogP contribution in [0.25, 0.3) is 0 Å². The van der Waals surface area contributed by atoms with Gasteiger partial charge in [-0.05, 0) is 61.1 Å². The van der Waals surface area contributed by atoms with Crippen LogP contribution in [0.4, 0.5) is 5.69 Å². The van der Waals surface area contributed by atoms with Gasteiger partial charge in [-0.1, -0.05) is 12.8 Å². The zero-order valence-corrected chi connectivity index (χ0v) is 19.6. The fourth-order valence-electron chi connectivity index (χ4n) is 6.90. The van der Waals surface area contributed by atoms with E-state index in [-0.39, 0.29) is 24.0 Å². The van der Waals surface area contributed by atoms with Crippen LogP contribution in [0, 0.1) is 49.8 Å². The molecule has 186 valence electrons. The minimum Gasteiger partial charge on any atom is -0.445 e. The highest BCUT2D eigenvalue weighted by Gasteiger charge is 2.66. The summed E-state index contributed by atoms with van der Waals surface area (Å²) in [5.41, 5.74) is -1.11. The normalized spacial score (nSPS) is 32.7. The van der Waals surface area contributed by atoms with Crippen LogP contribution in [0.15, 0.2) is 12.1 Å². The van der Waals surface area contributed by atoms with Gasteiger partial charge in [0.2, 0.25) is 5.75 Å². The summed E-state index contributed by atoms with van der Waals surface area (Å²) in [6, 6.07) is 2.82. The number of nitro groups is 1. The minimum atomic E-state index is -1.22. The van der Waals surface area contributed by atoms with E-state index < -0.39 is 50.7 Å². The van der Waals surface area contributed by atoms with E-state index in [9.17, 15) is 29.8 Å². The standard InChI is InChI=1S/C24H26N2O9/c1-5-24(34-14(3)28)9-8-18-16-7-6-15-10-20(33-13(2)27)19(25(29)30)11-17(15)22(16)21(35-26(31)32)12-23(18,24)4/h1,10-11,16,18,21-22H,6-9,12H2,2-4H3/t16-,18-,21+,22-,23-,24-/m0/s1. The van der Waals surface area contributed by atoms with E-state index in [0.717, 1.165) is 12.5 Å². The average Bonchev–Trinajstić information content (AvgIpc) is 3.03. The van der Waals surface area contributed by atoms with Gasteiger partial charge in [0.15, 0.2) is 5.60 Å². The molecule has 0 amide bonds. The SMILES string of the molecule is C#C[C@]1(OC(C)=O)CC[C@H]2[C@@H]3CCc4cc(OC(C)=O)c([N+](=O)[O-])cc4[C@H]3[C@H](O[N+](=O)[O-])C[C@@]21C. The van der Waals surface area contributed by atoms with Crippen molar-refractivity contribution in [3.8, 4) is 18.1 Å². The zero-order chi connectivity index (χ0) is 25.7. The van der Waals surface area contributed by atoms with E-state index in [2.05, 4.69) is 5.92 Å². The number of aryl methyl sites for hydroxylation is 1. The lowest BCUT2D eigenvalue weighted by atomic mass is 9.52. The molecular weight excluding hydrogens is 460 g/mol. The maximum atomic E-state index is 11.9. The number of nitro benzene ring substituents is 1. The molecular formula is C24H26N2O9. The second-order valence-corrected chi connectivity index (χ2v) is 9.80. The molecule has 1 aromatic carbocycles. The van der Waals surface area contributed by atoms with Crippen LogP contribution in [-0.4, -0.2) is 33.7 Å². The van der Waals surface area contributed by atoms with Crippen LogP contribution >= 0.6 is 0 Å². The molecule has 2 saturated carbocycles. The number of rotatable bonds is 5. The zero-order valence-electron chi connectivity index (χ0n) is 19.6. The first-order chi connectivity index (χ1) is 16.4. The van der Waals surface area contributed by atoms with Gasteiger partial charge < -0.3 is 14.3 Å². The number of benzene rings is 1. The van der Waals surface area contributed by atoms with Crippen molar-refractivity contribution >= 4 is 17.6 Å². The van der Waals surface area contributed by atoms with Gasteiger partial charge in [-0.15, -0.1) is 16.5 Å². The van der Waals surface area contributed by atoms with Crippen molar-refractivity contribution in [3.63, 3.8) is 0 Å². The Labute approximate surface area is 201 Å². The number of terminal acetylenes is 1. The Kier molecular flexibility index (Phi) is 5.95. The number of nitrogens with zero attached hydrogens (tertiary/aromatic N) is 2. The highest BCUT2D eigenvalue weighted by Crippen LogP contribution is 2.66. The van der Waals surface area contributed by atoms with Crippen molar-refractivity contribution in [3.05, 3.63) is 43.5 Å². The molecule has 2 fully saturated rings. The molecule has 0 bridgehead atoms. The highest BCUT2D eigenvalue weighted by atomic mass is 17.0.